The van der Waals surface area contributed by atoms with Crippen LogP contribution in [0, 0.1) is 0 Å². The smallest absolute Gasteiger partial charge is 0.338 e. The van der Waals surface area contributed by atoms with E-state index in [0.717, 1.165) is 5.56 Å². The van der Waals surface area contributed by atoms with Crippen LogP contribution < -0.4 is 10.9 Å². The van der Waals surface area contributed by atoms with Gasteiger partial charge < -0.3 is 10.1 Å². The van der Waals surface area contributed by atoms with Crippen LogP contribution in [0.5, 0.6) is 0 Å². The van der Waals surface area contributed by atoms with Crippen LogP contribution in [0.1, 0.15) is 20.7 Å². The van der Waals surface area contributed by atoms with Crippen molar-refractivity contribution < 1.29 is 14.3 Å². The lowest BCUT2D eigenvalue weighted by Crippen LogP contribution is -2.32. The van der Waals surface area contributed by atoms with Gasteiger partial charge in [-0.25, -0.2) is 9.48 Å². The first kappa shape index (κ1) is 20.3. The third kappa shape index (κ3) is 4.89. The normalized spacial score (nSPS) is 10.4. The first-order valence-corrected chi connectivity index (χ1v) is 9.17. The summed E-state index contributed by atoms with van der Waals surface area (Å²) >= 11 is 5.90. The number of methoxy groups -OCH3 is 1. The van der Waals surface area contributed by atoms with Gasteiger partial charge in [0.15, 0.2) is 0 Å². The maximum atomic E-state index is 12.4. The molecule has 3 rings (SSSR count). The molecule has 1 amide bonds. The summed E-state index contributed by atoms with van der Waals surface area (Å²) in [5.74, 6) is -1.03. The Balaban J connectivity index is 1.70. The minimum absolute atomic E-state index is 0.158. The molecule has 0 fully saturated rings. The predicted molar refractivity (Wildman–Crippen MR) is 109 cm³/mol. The quantitative estimate of drug-likeness (QED) is 0.630. The van der Waals surface area contributed by atoms with Crippen molar-refractivity contribution in [1.29, 1.82) is 0 Å². The summed E-state index contributed by atoms with van der Waals surface area (Å²) in [5, 5.41) is 7.64. The van der Waals surface area contributed by atoms with E-state index in [0.29, 0.717) is 10.7 Å². The van der Waals surface area contributed by atoms with E-state index in [-0.39, 0.29) is 29.8 Å². The second kappa shape index (κ2) is 9.16. The van der Waals surface area contributed by atoms with Crippen LogP contribution >= 0.6 is 11.6 Å². The lowest BCUT2D eigenvalue weighted by atomic mass is 10.1. The predicted octanol–water partition coefficient (Wildman–Crippen LogP) is 2.78. The zero-order valence-electron chi connectivity index (χ0n) is 15.6. The molecule has 0 aliphatic heterocycles. The lowest BCUT2D eigenvalue weighted by molar-refractivity contribution is 0.0596. The molecule has 1 heterocycles. The lowest BCUT2D eigenvalue weighted by Gasteiger charge is -2.10. The van der Waals surface area contributed by atoms with Crippen molar-refractivity contribution in [2.24, 2.45) is 0 Å². The Labute approximate surface area is 171 Å². The molecule has 0 aliphatic rings. The zero-order valence-corrected chi connectivity index (χ0v) is 16.3. The maximum Gasteiger partial charge on any atom is 0.338 e. The maximum absolute atomic E-state index is 12.4. The van der Waals surface area contributed by atoms with Crippen LogP contribution in [0.15, 0.2) is 65.5 Å². The Morgan fingerprint density at radius 2 is 1.72 bits per heavy atom. The molecule has 0 saturated heterocycles. The number of amides is 1. The monoisotopic (exact) mass is 411 g/mol. The van der Waals surface area contributed by atoms with Gasteiger partial charge >= 0.3 is 5.97 Å². The summed E-state index contributed by atoms with van der Waals surface area (Å²) in [4.78, 5) is 36.3. The van der Waals surface area contributed by atoms with E-state index < -0.39 is 11.9 Å². The number of halogens is 1. The molecule has 0 saturated carbocycles. The minimum Gasteiger partial charge on any atom is -0.465 e. The molecule has 0 radical (unpaired) electrons. The van der Waals surface area contributed by atoms with E-state index in [4.69, 9.17) is 16.3 Å². The second-order valence-corrected chi connectivity index (χ2v) is 6.52. The highest BCUT2D eigenvalue weighted by molar-refractivity contribution is 6.30. The van der Waals surface area contributed by atoms with E-state index in [9.17, 15) is 14.4 Å². The highest BCUT2D eigenvalue weighted by Crippen LogP contribution is 2.18. The van der Waals surface area contributed by atoms with E-state index >= 15 is 0 Å². The number of hydrogen-bond donors (Lipinski definition) is 1. The van der Waals surface area contributed by atoms with Crippen LogP contribution in [-0.4, -0.2) is 35.3 Å². The Morgan fingerprint density at radius 1 is 1.03 bits per heavy atom. The molecule has 0 atom stereocenters. The number of hydrogen-bond acceptors (Lipinski definition) is 5. The number of carbonyl (C=O) groups excluding carboxylic acids is 2. The van der Waals surface area contributed by atoms with Crippen molar-refractivity contribution in [3.05, 3.63) is 87.2 Å². The Bertz CT molecular complexity index is 1090. The van der Waals surface area contributed by atoms with Gasteiger partial charge in [0.1, 0.15) is 0 Å². The number of ether oxygens (including phenoxy) is 1. The Hall–Kier alpha value is -3.45. The topological polar surface area (TPSA) is 90.3 Å². The molecule has 1 aromatic heterocycles. The number of nitrogens with zero attached hydrogens (tertiary/aromatic N) is 2. The Kier molecular flexibility index (Phi) is 6.41. The SMILES string of the molecule is COC(=O)c1ccccc1C(=O)NCCn1nc(-c2ccc(Cl)cc2)ccc1=O. The number of benzene rings is 2. The van der Waals surface area contributed by atoms with Gasteiger partial charge in [0, 0.05) is 23.2 Å². The molecule has 0 spiro atoms. The second-order valence-electron chi connectivity index (χ2n) is 6.08. The largest absolute Gasteiger partial charge is 0.465 e. The van der Waals surface area contributed by atoms with E-state index in [2.05, 4.69) is 10.4 Å². The summed E-state index contributed by atoms with van der Waals surface area (Å²) < 4.78 is 5.97. The van der Waals surface area contributed by atoms with E-state index in [1.165, 1.54) is 30.0 Å². The summed E-state index contributed by atoms with van der Waals surface area (Å²) in [6.07, 6.45) is 0. The van der Waals surface area contributed by atoms with Gasteiger partial charge in [0.25, 0.3) is 11.5 Å². The number of aromatic nitrogens is 2. The molecular formula is C21H18ClN3O4. The van der Waals surface area contributed by atoms with E-state index in [1.807, 2.05) is 12.1 Å². The van der Waals surface area contributed by atoms with Crippen molar-refractivity contribution >= 4 is 23.5 Å². The van der Waals surface area contributed by atoms with Crippen molar-refractivity contribution in [3.8, 4) is 11.3 Å². The van der Waals surface area contributed by atoms with E-state index in [1.54, 1.807) is 30.3 Å². The van der Waals surface area contributed by atoms with Gasteiger partial charge in [0.2, 0.25) is 0 Å². The molecule has 0 unspecified atom stereocenters. The zero-order chi connectivity index (χ0) is 20.8. The van der Waals surface area contributed by atoms with Gasteiger partial charge in [-0.1, -0.05) is 35.9 Å². The fraction of sp³-hybridized carbons (Fsp3) is 0.143. The average molecular weight is 412 g/mol. The first-order valence-electron chi connectivity index (χ1n) is 8.79. The Morgan fingerprint density at radius 3 is 2.41 bits per heavy atom. The minimum atomic E-state index is -0.593. The first-order chi connectivity index (χ1) is 14.0. The van der Waals surface area contributed by atoms with Gasteiger partial charge in [-0.2, -0.15) is 5.10 Å². The third-order valence-corrected chi connectivity index (χ3v) is 4.44. The summed E-state index contributed by atoms with van der Waals surface area (Å²) in [6, 6.07) is 16.5. The van der Waals surface area contributed by atoms with Crippen LogP contribution in [0.2, 0.25) is 5.02 Å². The molecular weight excluding hydrogens is 394 g/mol. The summed E-state index contributed by atoms with van der Waals surface area (Å²) in [7, 11) is 1.25. The number of nitrogens with one attached hydrogen (secondary N) is 1. The molecule has 8 heteroatoms. The van der Waals surface area contributed by atoms with Crippen LogP contribution in [0.3, 0.4) is 0 Å². The van der Waals surface area contributed by atoms with Crippen LogP contribution in [0.4, 0.5) is 0 Å². The van der Waals surface area contributed by atoms with Crippen molar-refractivity contribution in [2.75, 3.05) is 13.7 Å². The van der Waals surface area contributed by atoms with Crippen molar-refractivity contribution in [2.45, 2.75) is 6.54 Å². The van der Waals surface area contributed by atoms with Crippen molar-refractivity contribution in [3.63, 3.8) is 0 Å². The standard InChI is InChI=1S/C21H18ClN3O4/c1-29-21(28)17-5-3-2-4-16(17)20(27)23-12-13-25-19(26)11-10-18(24-25)14-6-8-15(22)9-7-14/h2-11H,12-13H2,1H3,(H,23,27). The highest BCUT2D eigenvalue weighted by atomic mass is 35.5. The molecule has 3 aromatic rings. The third-order valence-electron chi connectivity index (χ3n) is 4.19. The molecule has 0 bridgehead atoms. The molecule has 148 valence electrons. The van der Waals surface area contributed by atoms with Gasteiger partial charge in [0.05, 0.1) is 30.5 Å². The number of rotatable bonds is 6. The fourth-order valence-corrected chi connectivity index (χ4v) is 2.85. The fourth-order valence-electron chi connectivity index (χ4n) is 2.72. The van der Waals surface area contributed by atoms with Crippen LogP contribution in [0.25, 0.3) is 11.3 Å². The van der Waals surface area contributed by atoms with Gasteiger partial charge in [-0.05, 0) is 30.3 Å². The number of esters is 1. The average Bonchev–Trinajstić information content (AvgIpc) is 2.75. The summed E-state index contributed by atoms with van der Waals surface area (Å²) in [5.41, 5.74) is 1.52. The highest BCUT2D eigenvalue weighted by Gasteiger charge is 2.16. The van der Waals surface area contributed by atoms with Gasteiger partial charge in [-0.15, -0.1) is 0 Å². The molecule has 7 nitrogen and oxygen atoms in total. The molecule has 2 aromatic carbocycles. The van der Waals surface area contributed by atoms with Gasteiger partial charge in [-0.3, -0.25) is 9.59 Å². The number of carbonyl (C=O) groups is 2. The van der Waals surface area contributed by atoms with Crippen LogP contribution in [-0.2, 0) is 11.3 Å². The molecule has 1 N–H and O–H groups in total. The molecule has 29 heavy (non-hydrogen) atoms. The molecule has 0 aliphatic carbocycles. The van der Waals surface area contributed by atoms with Crippen molar-refractivity contribution in [1.82, 2.24) is 15.1 Å². The summed E-state index contributed by atoms with van der Waals surface area (Å²) in [6.45, 7) is 0.331.